The zero-order valence-electron chi connectivity index (χ0n) is 12.5. The molecule has 0 bridgehead atoms. The van der Waals surface area contributed by atoms with Gasteiger partial charge in [0.05, 0.1) is 18.8 Å². The third-order valence-electron chi connectivity index (χ3n) is 3.16. The number of hydrogen-bond donors (Lipinski definition) is 0. The predicted octanol–water partition coefficient (Wildman–Crippen LogP) is 2.26. The van der Waals surface area contributed by atoms with Crippen molar-refractivity contribution in [2.75, 3.05) is 19.8 Å². The molecule has 114 valence electrons. The van der Waals surface area contributed by atoms with Crippen LogP contribution in [0.4, 0.5) is 0 Å². The summed E-state index contributed by atoms with van der Waals surface area (Å²) in [5, 5.41) is 8.35. The number of carbonyl (C=O) groups is 1. The van der Waals surface area contributed by atoms with Crippen LogP contribution in [0.2, 0.25) is 0 Å². The lowest BCUT2D eigenvalue weighted by Crippen LogP contribution is -2.21. The third kappa shape index (κ3) is 4.48. The van der Waals surface area contributed by atoms with Crippen LogP contribution < -0.4 is 0 Å². The molecular weight excluding hydrogens is 287 g/mol. The van der Waals surface area contributed by atoms with E-state index in [4.69, 9.17) is 4.74 Å². The summed E-state index contributed by atoms with van der Waals surface area (Å²) in [6.07, 6.45) is 1.26. The number of rotatable bonds is 8. The lowest BCUT2D eigenvalue weighted by atomic mass is 10.3. The maximum Gasteiger partial charge on any atom is 0.305 e. The summed E-state index contributed by atoms with van der Waals surface area (Å²) in [5.74, 6) is -0.122. The fourth-order valence-electron chi connectivity index (χ4n) is 2.08. The van der Waals surface area contributed by atoms with E-state index in [9.17, 15) is 4.79 Å². The van der Waals surface area contributed by atoms with Gasteiger partial charge in [0.1, 0.15) is 5.52 Å². The first-order valence-electron chi connectivity index (χ1n) is 7.10. The first kappa shape index (κ1) is 15.9. The lowest BCUT2D eigenvalue weighted by molar-refractivity contribution is -0.143. The van der Waals surface area contributed by atoms with E-state index in [0.717, 1.165) is 24.0 Å². The molecule has 0 amide bonds. The van der Waals surface area contributed by atoms with E-state index in [-0.39, 0.29) is 5.97 Å². The maximum atomic E-state index is 11.3. The summed E-state index contributed by atoms with van der Waals surface area (Å²) in [4.78, 5) is 11.3. The molecule has 1 aromatic heterocycles. The van der Waals surface area contributed by atoms with Gasteiger partial charge in [-0.3, -0.25) is 9.46 Å². The molecule has 0 saturated heterocycles. The van der Waals surface area contributed by atoms with Crippen molar-refractivity contribution in [3.05, 3.63) is 24.3 Å². The Hall–Kier alpha value is -1.52. The summed E-state index contributed by atoms with van der Waals surface area (Å²) in [6, 6.07) is 7.92. The summed E-state index contributed by atoms with van der Waals surface area (Å²) < 4.78 is 9.10. The zero-order valence-corrected chi connectivity index (χ0v) is 13.5. The van der Waals surface area contributed by atoms with Crippen LogP contribution in [-0.2, 0) is 16.2 Å². The highest BCUT2D eigenvalue weighted by Gasteiger charge is 2.09. The molecule has 0 aliphatic heterocycles. The standard InChI is InChI=1S/C14H21N4O2P/c1-3-20-14(19)9-6-10-17(21-2)11-18-13-8-5-4-7-12(13)15-16-18/h4-5,7-8,21H,3,6,9-11H2,1-2H3. The Kier molecular flexibility index (Phi) is 6.08. The highest BCUT2D eigenvalue weighted by Crippen LogP contribution is 2.18. The fraction of sp³-hybridized carbons (Fsp3) is 0.500. The van der Waals surface area contributed by atoms with Gasteiger partial charge in [0.25, 0.3) is 0 Å². The number of benzene rings is 1. The molecule has 0 N–H and O–H groups in total. The van der Waals surface area contributed by atoms with E-state index in [2.05, 4.69) is 21.6 Å². The second-order valence-corrected chi connectivity index (χ2v) is 5.69. The molecule has 6 nitrogen and oxygen atoms in total. The van der Waals surface area contributed by atoms with Crippen molar-refractivity contribution in [2.24, 2.45) is 0 Å². The number of ether oxygens (including phenoxy) is 1. The predicted molar refractivity (Wildman–Crippen MR) is 84.3 cm³/mol. The minimum atomic E-state index is -0.122. The van der Waals surface area contributed by atoms with Gasteiger partial charge in [-0.05, 0) is 32.1 Å². The molecule has 2 aromatic rings. The van der Waals surface area contributed by atoms with Crippen molar-refractivity contribution in [3.8, 4) is 0 Å². The molecule has 7 heteroatoms. The fourth-order valence-corrected chi connectivity index (χ4v) is 2.74. The minimum Gasteiger partial charge on any atom is -0.466 e. The quantitative estimate of drug-likeness (QED) is 0.553. The van der Waals surface area contributed by atoms with Crippen molar-refractivity contribution in [2.45, 2.75) is 26.4 Å². The van der Waals surface area contributed by atoms with Crippen LogP contribution >= 0.6 is 8.73 Å². The molecule has 1 heterocycles. The molecule has 2 rings (SSSR count). The Balaban J connectivity index is 1.88. The van der Waals surface area contributed by atoms with Crippen LogP contribution in [0.15, 0.2) is 24.3 Å². The first-order valence-corrected chi connectivity index (χ1v) is 8.55. The molecule has 1 aromatic carbocycles. The number of para-hydroxylation sites is 1. The number of nitrogens with zero attached hydrogens (tertiary/aromatic N) is 4. The molecule has 21 heavy (non-hydrogen) atoms. The van der Waals surface area contributed by atoms with Crippen LogP contribution in [0, 0.1) is 0 Å². The van der Waals surface area contributed by atoms with Gasteiger partial charge in [-0.25, -0.2) is 4.68 Å². The lowest BCUT2D eigenvalue weighted by Gasteiger charge is -2.19. The molecule has 0 fully saturated rings. The molecule has 1 atom stereocenters. The molecule has 0 aliphatic rings. The Labute approximate surface area is 126 Å². The van der Waals surface area contributed by atoms with Gasteiger partial charge in [0.15, 0.2) is 0 Å². The second-order valence-electron chi connectivity index (χ2n) is 4.61. The van der Waals surface area contributed by atoms with Gasteiger partial charge in [0.2, 0.25) is 0 Å². The van der Waals surface area contributed by atoms with Crippen molar-refractivity contribution in [1.82, 2.24) is 19.7 Å². The third-order valence-corrected chi connectivity index (χ3v) is 4.15. The highest BCUT2D eigenvalue weighted by atomic mass is 31.1. The largest absolute Gasteiger partial charge is 0.466 e. The molecule has 0 radical (unpaired) electrons. The highest BCUT2D eigenvalue weighted by molar-refractivity contribution is 7.34. The van der Waals surface area contributed by atoms with E-state index < -0.39 is 0 Å². The van der Waals surface area contributed by atoms with E-state index in [1.807, 2.05) is 35.9 Å². The van der Waals surface area contributed by atoms with Gasteiger partial charge in [-0.15, -0.1) is 5.10 Å². The van der Waals surface area contributed by atoms with Crippen LogP contribution in [-0.4, -0.2) is 45.5 Å². The summed E-state index contributed by atoms with van der Waals surface area (Å²) in [7, 11) is 0.655. The maximum absolute atomic E-state index is 11.3. The number of aromatic nitrogens is 3. The van der Waals surface area contributed by atoms with Crippen molar-refractivity contribution in [1.29, 1.82) is 0 Å². The van der Waals surface area contributed by atoms with Crippen LogP contribution in [0.25, 0.3) is 11.0 Å². The Morgan fingerprint density at radius 1 is 1.43 bits per heavy atom. The summed E-state index contributed by atoms with van der Waals surface area (Å²) in [5.41, 5.74) is 1.94. The Morgan fingerprint density at radius 3 is 3.00 bits per heavy atom. The minimum absolute atomic E-state index is 0.122. The monoisotopic (exact) mass is 308 g/mol. The number of hydrogen-bond acceptors (Lipinski definition) is 5. The van der Waals surface area contributed by atoms with E-state index in [1.54, 1.807) is 0 Å². The smallest absolute Gasteiger partial charge is 0.305 e. The molecule has 0 aliphatic carbocycles. The SMILES string of the molecule is CCOC(=O)CCCN(Cn1nnc2ccccc21)PC. The number of fused-ring (bicyclic) bond motifs is 1. The second kappa shape index (κ2) is 8.05. The summed E-state index contributed by atoms with van der Waals surface area (Å²) >= 11 is 0. The normalized spacial score (nSPS) is 11.8. The number of esters is 1. The van der Waals surface area contributed by atoms with Crippen molar-refractivity contribution in [3.63, 3.8) is 0 Å². The van der Waals surface area contributed by atoms with Crippen LogP contribution in [0.5, 0.6) is 0 Å². The average Bonchev–Trinajstić information content (AvgIpc) is 2.90. The van der Waals surface area contributed by atoms with Gasteiger partial charge in [-0.2, -0.15) is 0 Å². The van der Waals surface area contributed by atoms with Crippen molar-refractivity contribution < 1.29 is 9.53 Å². The zero-order chi connectivity index (χ0) is 15.1. The molecule has 0 saturated carbocycles. The topological polar surface area (TPSA) is 60.2 Å². The van der Waals surface area contributed by atoms with Crippen LogP contribution in [0.1, 0.15) is 19.8 Å². The Morgan fingerprint density at radius 2 is 2.24 bits per heavy atom. The molecule has 0 spiro atoms. The average molecular weight is 308 g/mol. The van der Waals surface area contributed by atoms with Crippen LogP contribution in [0.3, 0.4) is 0 Å². The van der Waals surface area contributed by atoms with Crippen molar-refractivity contribution >= 4 is 25.7 Å². The Bertz CT molecular complexity index is 587. The molecular formula is C14H21N4O2P. The summed E-state index contributed by atoms with van der Waals surface area (Å²) in [6.45, 7) is 5.94. The first-order chi connectivity index (χ1) is 10.2. The van der Waals surface area contributed by atoms with Gasteiger partial charge >= 0.3 is 5.97 Å². The van der Waals surface area contributed by atoms with E-state index >= 15 is 0 Å². The van der Waals surface area contributed by atoms with Gasteiger partial charge in [0, 0.05) is 13.0 Å². The van der Waals surface area contributed by atoms with Gasteiger partial charge in [-0.1, -0.05) is 26.1 Å². The number of carbonyl (C=O) groups excluding carboxylic acids is 1. The van der Waals surface area contributed by atoms with E-state index in [1.165, 1.54) is 0 Å². The van der Waals surface area contributed by atoms with E-state index in [0.29, 0.717) is 28.4 Å². The molecule has 1 unspecified atom stereocenters. The van der Waals surface area contributed by atoms with Gasteiger partial charge < -0.3 is 4.74 Å².